The van der Waals surface area contributed by atoms with E-state index in [1.165, 1.54) is 29.2 Å². The first-order chi connectivity index (χ1) is 9.54. The Bertz CT molecular complexity index is 596. The highest BCUT2D eigenvalue weighted by Gasteiger charge is 2.10. The first-order valence-electron chi connectivity index (χ1n) is 6.27. The molecule has 1 amide bonds. The second-order valence-corrected chi connectivity index (χ2v) is 4.68. The van der Waals surface area contributed by atoms with Crippen LogP contribution >= 0.6 is 0 Å². The molecule has 104 valence electrons. The Hall–Kier alpha value is -2.23. The number of carbonyl (C=O) groups excluding carboxylic acids is 1. The Balaban J connectivity index is 1.96. The molecule has 0 heterocycles. The van der Waals surface area contributed by atoms with Crippen LogP contribution in [0.2, 0.25) is 0 Å². The molecule has 2 aromatic rings. The lowest BCUT2D eigenvalue weighted by Crippen LogP contribution is -2.27. The van der Waals surface area contributed by atoms with Gasteiger partial charge in [-0.2, -0.15) is 0 Å². The monoisotopic (exact) mass is 275 g/mol. The predicted octanol–water partition coefficient (Wildman–Crippen LogP) is 3.17. The molecule has 0 aromatic heterocycles. The van der Waals surface area contributed by atoms with E-state index in [4.69, 9.17) is 0 Å². The van der Waals surface area contributed by atoms with Crippen LogP contribution in [0.15, 0.2) is 48.5 Å². The predicted molar refractivity (Wildman–Crippen MR) is 73.0 cm³/mol. The zero-order chi connectivity index (χ0) is 14.5. The fourth-order valence-electron chi connectivity index (χ4n) is 1.91. The summed E-state index contributed by atoms with van der Waals surface area (Å²) < 4.78 is 25.8. The van der Waals surface area contributed by atoms with Crippen LogP contribution in [0.3, 0.4) is 0 Å². The van der Waals surface area contributed by atoms with Gasteiger partial charge in [-0.25, -0.2) is 8.78 Å². The molecular weight excluding hydrogens is 260 g/mol. The highest BCUT2D eigenvalue weighted by atomic mass is 19.1. The lowest BCUT2D eigenvalue weighted by molar-refractivity contribution is -0.129. The Morgan fingerprint density at radius 2 is 1.70 bits per heavy atom. The molecule has 2 nitrogen and oxygen atoms in total. The molecule has 0 aliphatic rings. The molecule has 0 saturated heterocycles. The summed E-state index contributed by atoms with van der Waals surface area (Å²) in [4.78, 5) is 13.6. The highest BCUT2D eigenvalue weighted by Crippen LogP contribution is 2.09. The highest BCUT2D eigenvalue weighted by molar-refractivity contribution is 5.78. The fourth-order valence-corrected chi connectivity index (χ4v) is 1.91. The molecule has 0 aliphatic heterocycles. The minimum atomic E-state index is -0.350. The summed E-state index contributed by atoms with van der Waals surface area (Å²) in [6, 6.07) is 12.0. The van der Waals surface area contributed by atoms with Crippen molar-refractivity contribution in [3.8, 4) is 0 Å². The van der Waals surface area contributed by atoms with Crippen molar-refractivity contribution in [1.29, 1.82) is 0 Å². The van der Waals surface area contributed by atoms with Crippen molar-refractivity contribution >= 4 is 5.91 Å². The summed E-state index contributed by atoms with van der Waals surface area (Å²) in [7, 11) is 1.67. The standard InChI is InChI=1S/C16H15F2NO/c1-19(11-12-5-7-14(17)8-6-12)16(20)10-13-3-2-4-15(18)9-13/h2-9H,10-11H2,1H3. The number of likely N-dealkylation sites (N-methyl/N-ethyl adjacent to an activating group) is 1. The third-order valence-corrected chi connectivity index (χ3v) is 3.00. The fraction of sp³-hybridized carbons (Fsp3) is 0.188. The summed E-state index contributed by atoms with van der Waals surface area (Å²) in [5.74, 6) is -0.765. The summed E-state index contributed by atoms with van der Waals surface area (Å²) in [5.41, 5.74) is 1.49. The summed E-state index contributed by atoms with van der Waals surface area (Å²) in [6.45, 7) is 0.397. The van der Waals surface area contributed by atoms with E-state index in [0.29, 0.717) is 12.1 Å². The summed E-state index contributed by atoms with van der Waals surface area (Å²) in [6.07, 6.45) is 0.148. The third kappa shape index (κ3) is 3.88. The van der Waals surface area contributed by atoms with Gasteiger partial charge in [-0.3, -0.25) is 4.79 Å². The average Bonchev–Trinajstić information content (AvgIpc) is 2.41. The molecular formula is C16H15F2NO. The van der Waals surface area contributed by atoms with E-state index < -0.39 is 0 Å². The maximum Gasteiger partial charge on any atom is 0.227 e. The number of rotatable bonds is 4. The van der Waals surface area contributed by atoms with Crippen LogP contribution in [0.5, 0.6) is 0 Å². The number of nitrogens with zero attached hydrogens (tertiary/aromatic N) is 1. The van der Waals surface area contributed by atoms with E-state index in [0.717, 1.165) is 5.56 Å². The average molecular weight is 275 g/mol. The molecule has 0 spiro atoms. The van der Waals surface area contributed by atoms with Gasteiger partial charge in [0.15, 0.2) is 0 Å². The minimum absolute atomic E-state index is 0.111. The van der Waals surface area contributed by atoms with Gasteiger partial charge in [0, 0.05) is 13.6 Å². The number of carbonyl (C=O) groups is 1. The maximum absolute atomic E-state index is 13.0. The zero-order valence-corrected chi connectivity index (χ0v) is 11.1. The topological polar surface area (TPSA) is 20.3 Å². The van der Waals surface area contributed by atoms with Gasteiger partial charge in [0.25, 0.3) is 0 Å². The van der Waals surface area contributed by atoms with Gasteiger partial charge in [-0.15, -0.1) is 0 Å². The Kier molecular flexibility index (Phi) is 4.45. The number of hydrogen-bond acceptors (Lipinski definition) is 1. The van der Waals surface area contributed by atoms with E-state index in [1.54, 1.807) is 31.3 Å². The zero-order valence-electron chi connectivity index (χ0n) is 11.1. The molecule has 0 saturated carbocycles. The van der Waals surface area contributed by atoms with Gasteiger partial charge in [0.2, 0.25) is 5.91 Å². The number of halogens is 2. The number of hydrogen-bond donors (Lipinski definition) is 0. The molecule has 0 N–H and O–H groups in total. The van der Waals surface area contributed by atoms with Crippen LogP contribution < -0.4 is 0 Å². The molecule has 20 heavy (non-hydrogen) atoms. The van der Waals surface area contributed by atoms with Crippen LogP contribution in [0, 0.1) is 11.6 Å². The van der Waals surface area contributed by atoms with Crippen LogP contribution in [0.4, 0.5) is 8.78 Å². The molecule has 0 fully saturated rings. The van der Waals surface area contributed by atoms with E-state index in [2.05, 4.69) is 0 Å². The Labute approximate surface area is 116 Å². The second kappa shape index (κ2) is 6.28. The van der Waals surface area contributed by atoms with Crippen LogP contribution in [-0.2, 0) is 17.8 Å². The van der Waals surface area contributed by atoms with Crippen molar-refractivity contribution in [2.45, 2.75) is 13.0 Å². The smallest absolute Gasteiger partial charge is 0.227 e. The molecule has 0 atom stereocenters. The van der Waals surface area contributed by atoms with Gasteiger partial charge < -0.3 is 4.90 Å². The van der Waals surface area contributed by atoms with Crippen molar-refractivity contribution < 1.29 is 13.6 Å². The Morgan fingerprint density at radius 3 is 2.35 bits per heavy atom. The van der Waals surface area contributed by atoms with Crippen molar-refractivity contribution in [3.63, 3.8) is 0 Å². The van der Waals surface area contributed by atoms with Crippen LogP contribution in [-0.4, -0.2) is 17.9 Å². The molecule has 0 unspecified atom stereocenters. The molecule has 0 bridgehead atoms. The van der Waals surface area contributed by atoms with Gasteiger partial charge in [-0.05, 0) is 35.4 Å². The van der Waals surface area contributed by atoms with Crippen LogP contribution in [0.1, 0.15) is 11.1 Å². The van der Waals surface area contributed by atoms with Gasteiger partial charge in [-0.1, -0.05) is 24.3 Å². The maximum atomic E-state index is 13.0. The van der Waals surface area contributed by atoms with E-state index in [9.17, 15) is 13.6 Å². The molecule has 4 heteroatoms. The van der Waals surface area contributed by atoms with Crippen molar-refractivity contribution in [3.05, 3.63) is 71.3 Å². The van der Waals surface area contributed by atoms with Crippen molar-refractivity contribution in [2.75, 3.05) is 7.05 Å². The van der Waals surface area contributed by atoms with E-state index in [1.807, 2.05) is 0 Å². The third-order valence-electron chi connectivity index (χ3n) is 3.00. The molecule has 0 aliphatic carbocycles. The van der Waals surface area contributed by atoms with E-state index >= 15 is 0 Å². The second-order valence-electron chi connectivity index (χ2n) is 4.68. The number of amides is 1. The molecule has 2 rings (SSSR count). The first-order valence-corrected chi connectivity index (χ1v) is 6.27. The summed E-state index contributed by atoms with van der Waals surface area (Å²) >= 11 is 0. The van der Waals surface area contributed by atoms with Crippen molar-refractivity contribution in [1.82, 2.24) is 4.90 Å². The quantitative estimate of drug-likeness (QED) is 0.839. The van der Waals surface area contributed by atoms with Gasteiger partial charge >= 0.3 is 0 Å². The summed E-state index contributed by atoms with van der Waals surface area (Å²) in [5, 5.41) is 0. The van der Waals surface area contributed by atoms with Gasteiger partial charge in [0.05, 0.1) is 6.42 Å². The van der Waals surface area contributed by atoms with Crippen molar-refractivity contribution in [2.24, 2.45) is 0 Å². The minimum Gasteiger partial charge on any atom is -0.341 e. The number of benzene rings is 2. The molecule has 2 aromatic carbocycles. The Morgan fingerprint density at radius 1 is 1.00 bits per heavy atom. The normalized spacial score (nSPS) is 10.3. The molecule has 0 radical (unpaired) electrons. The van der Waals surface area contributed by atoms with Gasteiger partial charge in [0.1, 0.15) is 11.6 Å². The van der Waals surface area contributed by atoms with Crippen LogP contribution in [0.25, 0.3) is 0 Å². The van der Waals surface area contributed by atoms with E-state index in [-0.39, 0.29) is 24.0 Å². The SMILES string of the molecule is CN(Cc1ccc(F)cc1)C(=O)Cc1cccc(F)c1. The largest absolute Gasteiger partial charge is 0.341 e. The first kappa shape index (κ1) is 14.2. The lowest BCUT2D eigenvalue weighted by Gasteiger charge is -2.17. The lowest BCUT2D eigenvalue weighted by atomic mass is 10.1.